The molecule has 4 rings (SSSR count). The quantitative estimate of drug-likeness (QED) is 0.828. The van der Waals surface area contributed by atoms with E-state index in [2.05, 4.69) is 4.90 Å². The van der Waals surface area contributed by atoms with Crippen LogP contribution < -0.4 is 9.47 Å². The molecule has 0 spiro atoms. The smallest absolute Gasteiger partial charge is 0.422 e. The molecule has 0 fully saturated rings. The van der Waals surface area contributed by atoms with Crippen LogP contribution >= 0.6 is 0 Å². The molecule has 0 saturated heterocycles. The van der Waals surface area contributed by atoms with Gasteiger partial charge in [0.25, 0.3) is 0 Å². The minimum absolute atomic E-state index is 0.0155. The number of phenolic OH excluding ortho intramolecular Hbond substituents is 2. The molecule has 1 atom stereocenters. The molecule has 0 amide bonds. The third-order valence-electron chi connectivity index (χ3n) is 5.45. The van der Waals surface area contributed by atoms with Gasteiger partial charge in [0.15, 0.2) is 29.6 Å². The van der Waals surface area contributed by atoms with Crippen molar-refractivity contribution in [2.75, 3.05) is 27.3 Å². The summed E-state index contributed by atoms with van der Waals surface area (Å²) in [5.74, 6) is -0.340. The molecule has 1 aliphatic heterocycles. The number of hydrogen-bond donors (Lipinski definition) is 2. The van der Waals surface area contributed by atoms with Crippen LogP contribution in [0.1, 0.15) is 22.7 Å². The Morgan fingerprint density at radius 2 is 1.86 bits per heavy atom. The molecule has 8 heteroatoms. The topological polar surface area (TPSA) is 62.2 Å². The summed E-state index contributed by atoms with van der Waals surface area (Å²) in [7, 11) is 3.44. The maximum absolute atomic E-state index is 12.6. The summed E-state index contributed by atoms with van der Waals surface area (Å²) in [6, 6.07) is 4.57. The Bertz CT molecular complexity index is 942. The summed E-state index contributed by atoms with van der Waals surface area (Å²) in [6.45, 7) is -0.684. The summed E-state index contributed by atoms with van der Waals surface area (Å²) in [5.41, 5.74) is 4.01. The van der Waals surface area contributed by atoms with E-state index in [1.54, 1.807) is 6.07 Å². The number of nitrogens with zero attached hydrogens (tertiary/aromatic N) is 1. The predicted molar refractivity (Wildman–Crippen MR) is 96.1 cm³/mol. The van der Waals surface area contributed by atoms with Crippen LogP contribution in [-0.2, 0) is 12.8 Å². The van der Waals surface area contributed by atoms with Crippen molar-refractivity contribution in [3.8, 4) is 34.1 Å². The summed E-state index contributed by atoms with van der Waals surface area (Å²) in [4.78, 5) is 2.19. The predicted octanol–water partition coefficient (Wildman–Crippen LogP) is 3.80. The lowest BCUT2D eigenvalue weighted by molar-refractivity contribution is -0.153. The minimum atomic E-state index is -4.52. The van der Waals surface area contributed by atoms with Gasteiger partial charge in [-0.05, 0) is 60.3 Å². The van der Waals surface area contributed by atoms with E-state index in [1.807, 2.05) is 7.05 Å². The van der Waals surface area contributed by atoms with E-state index in [0.717, 1.165) is 29.7 Å². The molecular formula is C20H20F3NO4. The zero-order chi connectivity index (χ0) is 20.2. The molecule has 5 nitrogen and oxygen atoms in total. The SMILES string of the molecule is COc1c(O)cc2c3c1-c1cc(OCC(F)(F)F)c(O)cc1CC3N(C)CC2. The van der Waals surface area contributed by atoms with Crippen molar-refractivity contribution in [2.45, 2.75) is 25.1 Å². The van der Waals surface area contributed by atoms with E-state index in [9.17, 15) is 23.4 Å². The highest BCUT2D eigenvalue weighted by atomic mass is 19.4. The number of rotatable bonds is 3. The third-order valence-corrected chi connectivity index (χ3v) is 5.45. The van der Waals surface area contributed by atoms with Crippen LogP contribution in [0.3, 0.4) is 0 Å². The summed E-state index contributed by atoms with van der Waals surface area (Å²) >= 11 is 0. The van der Waals surface area contributed by atoms with Crippen molar-refractivity contribution in [3.63, 3.8) is 0 Å². The molecule has 0 radical (unpaired) electrons. The van der Waals surface area contributed by atoms with Gasteiger partial charge in [0.05, 0.1) is 7.11 Å². The van der Waals surface area contributed by atoms with Crippen molar-refractivity contribution in [3.05, 3.63) is 34.9 Å². The van der Waals surface area contributed by atoms with Gasteiger partial charge in [0, 0.05) is 18.2 Å². The van der Waals surface area contributed by atoms with Gasteiger partial charge in [-0.25, -0.2) is 0 Å². The number of methoxy groups -OCH3 is 1. The Balaban J connectivity index is 1.91. The fourth-order valence-corrected chi connectivity index (χ4v) is 4.21. The number of ether oxygens (including phenoxy) is 2. The van der Waals surface area contributed by atoms with Crippen LogP contribution in [0.5, 0.6) is 23.0 Å². The van der Waals surface area contributed by atoms with E-state index in [4.69, 9.17) is 9.47 Å². The van der Waals surface area contributed by atoms with Crippen LogP contribution in [0.15, 0.2) is 18.2 Å². The molecule has 0 saturated carbocycles. The molecule has 2 aromatic carbocycles. The number of aromatic hydroxyl groups is 2. The van der Waals surface area contributed by atoms with Gasteiger partial charge in [-0.3, -0.25) is 4.90 Å². The van der Waals surface area contributed by atoms with E-state index in [1.165, 1.54) is 19.2 Å². The van der Waals surface area contributed by atoms with E-state index in [0.29, 0.717) is 17.5 Å². The molecule has 150 valence electrons. The monoisotopic (exact) mass is 395 g/mol. The van der Waals surface area contributed by atoms with Gasteiger partial charge < -0.3 is 19.7 Å². The molecule has 28 heavy (non-hydrogen) atoms. The first kappa shape index (κ1) is 18.7. The lowest BCUT2D eigenvalue weighted by Gasteiger charge is -2.40. The van der Waals surface area contributed by atoms with Crippen molar-refractivity contribution < 1.29 is 32.9 Å². The average Bonchev–Trinajstić information content (AvgIpc) is 2.62. The molecule has 1 unspecified atom stereocenters. The van der Waals surface area contributed by atoms with Gasteiger partial charge in [-0.1, -0.05) is 0 Å². The Hall–Kier alpha value is -2.61. The van der Waals surface area contributed by atoms with Gasteiger partial charge >= 0.3 is 6.18 Å². The average molecular weight is 395 g/mol. The van der Waals surface area contributed by atoms with Crippen LogP contribution in [-0.4, -0.2) is 48.6 Å². The molecule has 1 heterocycles. The van der Waals surface area contributed by atoms with Crippen LogP contribution in [0, 0.1) is 0 Å². The first-order valence-corrected chi connectivity index (χ1v) is 8.88. The Morgan fingerprint density at radius 3 is 2.54 bits per heavy atom. The molecule has 0 bridgehead atoms. The number of fused-ring (bicyclic) bond motifs is 2. The Kier molecular flexibility index (Phi) is 4.33. The van der Waals surface area contributed by atoms with Crippen molar-refractivity contribution in [2.24, 2.45) is 0 Å². The van der Waals surface area contributed by atoms with Crippen molar-refractivity contribution in [1.29, 1.82) is 0 Å². The number of benzene rings is 2. The molecule has 2 aromatic rings. The van der Waals surface area contributed by atoms with E-state index >= 15 is 0 Å². The van der Waals surface area contributed by atoms with Gasteiger partial charge in [0.1, 0.15) is 0 Å². The van der Waals surface area contributed by atoms with Gasteiger partial charge in [0.2, 0.25) is 0 Å². The maximum Gasteiger partial charge on any atom is 0.422 e. The highest BCUT2D eigenvalue weighted by Crippen LogP contribution is 2.53. The summed E-state index contributed by atoms with van der Waals surface area (Å²) in [5, 5.41) is 20.6. The Morgan fingerprint density at radius 1 is 1.14 bits per heavy atom. The lowest BCUT2D eigenvalue weighted by atomic mass is 9.76. The second-order valence-electron chi connectivity index (χ2n) is 7.21. The largest absolute Gasteiger partial charge is 0.504 e. The van der Waals surface area contributed by atoms with Crippen LogP contribution in [0.2, 0.25) is 0 Å². The maximum atomic E-state index is 12.6. The Labute approximate surface area is 159 Å². The van der Waals surface area contributed by atoms with E-state index in [-0.39, 0.29) is 29.0 Å². The lowest BCUT2D eigenvalue weighted by Crippen LogP contribution is -2.35. The molecule has 0 aromatic heterocycles. The minimum Gasteiger partial charge on any atom is -0.504 e. The highest BCUT2D eigenvalue weighted by Gasteiger charge is 2.37. The first-order chi connectivity index (χ1) is 13.2. The molecule has 2 N–H and O–H groups in total. The van der Waals surface area contributed by atoms with Gasteiger partial charge in [-0.15, -0.1) is 0 Å². The molecule has 1 aliphatic carbocycles. The standard InChI is InChI=1S/C20H20F3NO4/c1-24-4-3-10-6-15(26)19(27-2)18-12-8-16(28-9-20(21,22)23)14(25)7-11(12)5-13(24)17(10)18/h6-8,13,25-26H,3-5,9H2,1-2H3. The van der Waals surface area contributed by atoms with E-state index < -0.39 is 12.8 Å². The number of hydrogen-bond acceptors (Lipinski definition) is 5. The summed E-state index contributed by atoms with van der Waals surface area (Å²) in [6.07, 6.45) is -3.18. The van der Waals surface area contributed by atoms with Crippen LogP contribution in [0.25, 0.3) is 11.1 Å². The van der Waals surface area contributed by atoms with Crippen LogP contribution in [0.4, 0.5) is 13.2 Å². The fraction of sp³-hybridized carbons (Fsp3) is 0.400. The van der Waals surface area contributed by atoms with Crippen molar-refractivity contribution >= 4 is 0 Å². The number of phenols is 2. The molecular weight excluding hydrogens is 375 g/mol. The number of likely N-dealkylation sites (N-methyl/N-ethyl adjacent to an activating group) is 1. The highest BCUT2D eigenvalue weighted by molar-refractivity contribution is 5.84. The van der Waals surface area contributed by atoms with Crippen molar-refractivity contribution in [1.82, 2.24) is 4.90 Å². The zero-order valence-electron chi connectivity index (χ0n) is 15.4. The summed E-state index contributed by atoms with van der Waals surface area (Å²) < 4.78 is 47.9. The normalized spacial score (nSPS) is 18.4. The first-order valence-electron chi connectivity index (χ1n) is 8.88. The number of halogens is 3. The third kappa shape index (κ3) is 3.01. The second kappa shape index (κ2) is 6.48. The van der Waals surface area contributed by atoms with Gasteiger partial charge in [-0.2, -0.15) is 13.2 Å². The molecule has 2 aliphatic rings. The fourth-order valence-electron chi connectivity index (χ4n) is 4.21. The number of alkyl halides is 3. The second-order valence-corrected chi connectivity index (χ2v) is 7.21. The zero-order valence-corrected chi connectivity index (χ0v) is 15.4.